The predicted molar refractivity (Wildman–Crippen MR) is 102 cm³/mol. The van der Waals surface area contributed by atoms with E-state index in [1.54, 1.807) is 6.07 Å². The van der Waals surface area contributed by atoms with Crippen LogP contribution in [-0.2, 0) is 14.6 Å². The summed E-state index contributed by atoms with van der Waals surface area (Å²) in [6, 6.07) is 1.75. The summed E-state index contributed by atoms with van der Waals surface area (Å²) in [6.07, 6.45) is 5.00. The maximum atomic E-state index is 13.2. The van der Waals surface area contributed by atoms with E-state index in [2.05, 4.69) is 20.2 Å². The van der Waals surface area contributed by atoms with Crippen LogP contribution in [-0.4, -0.2) is 83.9 Å². The standard InChI is InChI=1S/C18H27N5O3S/c1-13-8-17(20-12-19-13)21-16-11-27(25,26)10-15(16)18(24)23-7-6-22-5-3-2-4-14(22)9-23/h8,12,14-16H,2-7,9-11H2,1H3,(H,19,20,21)/t14?,15-,16-/m1/s1. The van der Waals surface area contributed by atoms with Gasteiger partial charge in [-0.05, 0) is 26.3 Å². The van der Waals surface area contributed by atoms with Crippen molar-refractivity contribution in [3.63, 3.8) is 0 Å². The van der Waals surface area contributed by atoms with Crippen molar-refractivity contribution in [3.8, 4) is 0 Å². The van der Waals surface area contributed by atoms with Gasteiger partial charge in [0, 0.05) is 37.4 Å². The second kappa shape index (κ2) is 7.35. The van der Waals surface area contributed by atoms with E-state index in [4.69, 9.17) is 0 Å². The fourth-order valence-electron chi connectivity index (χ4n) is 4.55. The number of rotatable bonds is 3. The van der Waals surface area contributed by atoms with E-state index in [-0.39, 0.29) is 17.4 Å². The van der Waals surface area contributed by atoms with Crippen molar-refractivity contribution < 1.29 is 13.2 Å². The number of aromatic nitrogens is 2. The van der Waals surface area contributed by atoms with Gasteiger partial charge in [0.1, 0.15) is 12.1 Å². The summed E-state index contributed by atoms with van der Waals surface area (Å²) < 4.78 is 24.5. The van der Waals surface area contributed by atoms with E-state index in [1.165, 1.54) is 19.2 Å². The van der Waals surface area contributed by atoms with E-state index in [0.717, 1.165) is 25.2 Å². The largest absolute Gasteiger partial charge is 0.365 e. The van der Waals surface area contributed by atoms with Gasteiger partial charge in [-0.25, -0.2) is 18.4 Å². The third-order valence-electron chi connectivity index (χ3n) is 5.96. The molecular formula is C18H27N5O3S. The molecule has 0 spiro atoms. The number of carbonyl (C=O) groups is 1. The van der Waals surface area contributed by atoms with Crippen LogP contribution in [0.25, 0.3) is 0 Å². The zero-order valence-electron chi connectivity index (χ0n) is 15.7. The van der Waals surface area contributed by atoms with Crippen LogP contribution in [0, 0.1) is 12.8 Å². The van der Waals surface area contributed by atoms with Gasteiger partial charge >= 0.3 is 0 Å². The van der Waals surface area contributed by atoms with Crippen LogP contribution in [0.3, 0.4) is 0 Å². The van der Waals surface area contributed by atoms with Gasteiger partial charge in [0.05, 0.1) is 23.5 Å². The highest BCUT2D eigenvalue weighted by atomic mass is 32.2. The number of aryl methyl sites for hydroxylation is 1. The molecule has 0 bridgehead atoms. The third kappa shape index (κ3) is 4.08. The van der Waals surface area contributed by atoms with Gasteiger partial charge in [-0.2, -0.15) is 0 Å². The van der Waals surface area contributed by atoms with Crippen molar-refractivity contribution in [2.24, 2.45) is 5.92 Å². The van der Waals surface area contributed by atoms with Crippen LogP contribution in [0.15, 0.2) is 12.4 Å². The van der Waals surface area contributed by atoms with Crippen molar-refractivity contribution in [2.45, 2.75) is 38.3 Å². The molecule has 0 saturated carbocycles. The summed E-state index contributed by atoms with van der Waals surface area (Å²) in [6.45, 7) is 5.26. The van der Waals surface area contributed by atoms with Crippen molar-refractivity contribution in [3.05, 3.63) is 18.1 Å². The molecule has 148 valence electrons. The second-order valence-corrected chi connectivity index (χ2v) is 10.1. The molecule has 0 aromatic carbocycles. The fourth-order valence-corrected chi connectivity index (χ4v) is 6.47. The average Bonchev–Trinajstić information content (AvgIpc) is 2.95. The number of sulfone groups is 1. The van der Waals surface area contributed by atoms with Crippen molar-refractivity contribution in [1.29, 1.82) is 0 Å². The second-order valence-electron chi connectivity index (χ2n) is 7.95. The molecular weight excluding hydrogens is 366 g/mol. The first-order valence-corrected chi connectivity index (χ1v) is 11.5. The van der Waals surface area contributed by atoms with Crippen LogP contribution >= 0.6 is 0 Å². The monoisotopic (exact) mass is 393 g/mol. The molecule has 3 saturated heterocycles. The molecule has 1 aromatic rings. The summed E-state index contributed by atoms with van der Waals surface area (Å²) in [5.74, 6) is -0.140. The molecule has 3 atom stereocenters. The number of anilines is 1. The van der Waals surface area contributed by atoms with Gasteiger partial charge < -0.3 is 10.2 Å². The van der Waals surface area contributed by atoms with Crippen LogP contribution in [0.1, 0.15) is 25.0 Å². The first-order valence-electron chi connectivity index (χ1n) is 9.70. The van der Waals surface area contributed by atoms with E-state index < -0.39 is 21.8 Å². The third-order valence-corrected chi connectivity index (χ3v) is 7.69. The van der Waals surface area contributed by atoms with Crippen LogP contribution in [0.2, 0.25) is 0 Å². The molecule has 8 nitrogen and oxygen atoms in total. The van der Waals surface area contributed by atoms with Crippen molar-refractivity contribution in [1.82, 2.24) is 19.8 Å². The molecule has 3 fully saturated rings. The Bertz CT molecular complexity index is 815. The first kappa shape index (κ1) is 18.6. The predicted octanol–water partition coefficient (Wildman–Crippen LogP) is 0.307. The normalized spacial score (nSPS) is 30.7. The lowest BCUT2D eigenvalue weighted by Crippen LogP contribution is -2.58. The lowest BCUT2D eigenvalue weighted by atomic mass is 9.97. The first-order chi connectivity index (χ1) is 12.9. The molecule has 0 aliphatic carbocycles. The minimum absolute atomic E-state index is 0.0319. The minimum atomic E-state index is -3.25. The minimum Gasteiger partial charge on any atom is -0.365 e. The summed E-state index contributed by atoms with van der Waals surface area (Å²) in [5.41, 5.74) is 0.796. The van der Waals surface area contributed by atoms with Gasteiger partial charge in [0.2, 0.25) is 5.91 Å². The maximum absolute atomic E-state index is 13.2. The topological polar surface area (TPSA) is 95.5 Å². The Morgan fingerprint density at radius 1 is 1.19 bits per heavy atom. The summed E-state index contributed by atoms with van der Waals surface area (Å²) in [5, 5.41) is 3.18. The molecule has 27 heavy (non-hydrogen) atoms. The molecule has 3 aliphatic rings. The molecule has 4 heterocycles. The quantitative estimate of drug-likeness (QED) is 0.789. The van der Waals surface area contributed by atoms with Gasteiger partial charge in [0.25, 0.3) is 0 Å². The molecule has 9 heteroatoms. The van der Waals surface area contributed by atoms with Gasteiger partial charge in [-0.1, -0.05) is 6.42 Å². The Balaban J connectivity index is 1.48. The Hall–Kier alpha value is -1.74. The van der Waals surface area contributed by atoms with Crippen LogP contribution < -0.4 is 5.32 Å². The van der Waals surface area contributed by atoms with Gasteiger partial charge in [-0.15, -0.1) is 0 Å². The highest BCUT2D eigenvalue weighted by Gasteiger charge is 2.45. The molecule has 1 amide bonds. The summed E-state index contributed by atoms with van der Waals surface area (Å²) in [7, 11) is -3.25. The van der Waals surface area contributed by atoms with Crippen molar-refractivity contribution >= 4 is 21.6 Å². The van der Waals surface area contributed by atoms with Crippen LogP contribution in [0.4, 0.5) is 5.82 Å². The lowest BCUT2D eigenvalue weighted by molar-refractivity contribution is -0.138. The Kier molecular flexibility index (Phi) is 5.07. The number of piperidine rings is 1. The molecule has 3 aliphatic heterocycles. The summed E-state index contributed by atoms with van der Waals surface area (Å²) >= 11 is 0. The van der Waals surface area contributed by atoms with Crippen molar-refractivity contribution in [2.75, 3.05) is 43.0 Å². The van der Waals surface area contributed by atoms with Gasteiger partial charge in [0.15, 0.2) is 9.84 Å². The smallest absolute Gasteiger partial charge is 0.228 e. The molecule has 0 radical (unpaired) electrons. The number of nitrogens with one attached hydrogen (secondary N) is 1. The Morgan fingerprint density at radius 3 is 2.85 bits per heavy atom. The van der Waals surface area contributed by atoms with Crippen LogP contribution in [0.5, 0.6) is 0 Å². The van der Waals surface area contributed by atoms with E-state index in [9.17, 15) is 13.2 Å². The highest BCUT2D eigenvalue weighted by Crippen LogP contribution is 2.27. The van der Waals surface area contributed by atoms with E-state index in [0.29, 0.717) is 24.9 Å². The maximum Gasteiger partial charge on any atom is 0.228 e. The Labute approximate surface area is 160 Å². The van der Waals surface area contributed by atoms with Gasteiger partial charge in [-0.3, -0.25) is 9.69 Å². The SMILES string of the molecule is Cc1cc(N[C@@H]2CS(=O)(=O)C[C@H]2C(=O)N2CCN3CCCCC3C2)ncn1. The number of amides is 1. The van der Waals surface area contributed by atoms with E-state index in [1.807, 2.05) is 11.8 Å². The number of fused-ring (bicyclic) bond motifs is 1. The number of hydrogen-bond acceptors (Lipinski definition) is 7. The lowest BCUT2D eigenvalue weighted by Gasteiger charge is -2.44. The number of carbonyl (C=O) groups excluding carboxylic acids is 1. The van der Waals surface area contributed by atoms with E-state index >= 15 is 0 Å². The molecule has 1 aromatic heterocycles. The molecule has 4 rings (SSSR count). The molecule has 1 N–H and O–H groups in total. The zero-order chi connectivity index (χ0) is 19.0. The fraction of sp³-hybridized carbons (Fsp3) is 0.722. The number of nitrogens with zero attached hydrogens (tertiary/aromatic N) is 4. The number of piperazine rings is 1. The Morgan fingerprint density at radius 2 is 2.04 bits per heavy atom. The average molecular weight is 394 g/mol. The summed E-state index contributed by atoms with van der Waals surface area (Å²) in [4.78, 5) is 25.8. The molecule has 1 unspecified atom stereocenters. The number of hydrogen-bond donors (Lipinski definition) is 1. The zero-order valence-corrected chi connectivity index (χ0v) is 16.5. The highest BCUT2D eigenvalue weighted by molar-refractivity contribution is 7.91.